The second kappa shape index (κ2) is 7.73. The Morgan fingerprint density at radius 3 is 2.74 bits per heavy atom. The van der Waals surface area contributed by atoms with Crippen molar-refractivity contribution in [2.75, 3.05) is 19.0 Å². The third kappa shape index (κ3) is 4.16. The molecule has 0 unspecified atom stereocenters. The number of hydrogen-bond donors (Lipinski definition) is 0. The Morgan fingerprint density at radius 2 is 2.07 bits per heavy atom. The lowest BCUT2D eigenvalue weighted by Crippen LogP contribution is -2.67. The number of non-ortho nitro benzene ring substituents is 1. The molecule has 0 bridgehead atoms. The first-order valence-electron chi connectivity index (χ1n) is 8.41. The predicted octanol–water partition coefficient (Wildman–Crippen LogP) is 2.53. The zero-order chi connectivity index (χ0) is 19.6. The average Bonchev–Trinajstić information content (AvgIpc) is 2.75. The van der Waals surface area contributed by atoms with E-state index in [-0.39, 0.29) is 30.2 Å². The van der Waals surface area contributed by atoms with Crippen molar-refractivity contribution in [3.63, 3.8) is 0 Å². The number of thioether (sulfide) groups is 1. The number of hydrogen-bond acceptors (Lipinski definition) is 8. The van der Waals surface area contributed by atoms with Crippen LogP contribution in [0.1, 0.15) is 19.4 Å². The summed E-state index contributed by atoms with van der Waals surface area (Å²) in [5.41, 5.74) is -0.109. The Bertz CT molecular complexity index is 737. The largest absolute Gasteiger partial charge is 0.508 e. The highest BCUT2D eigenvalue weighted by Gasteiger charge is 2.55. The quantitative estimate of drug-likeness (QED) is 0.323. The Kier molecular flexibility index (Phi) is 5.56. The van der Waals surface area contributed by atoms with Gasteiger partial charge in [-0.05, 0) is 31.5 Å². The molecule has 0 spiro atoms. The molecule has 3 rings (SSSR count). The van der Waals surface area contributed by atoms with Crippen molar-refractivity contribution in [1.29, 1.82) is 0 Å². The normalized spacial score (nSPS) is 23.6. The second-order valence-corrected chi connectivity index (χ2v) is 7.87. The number of nitro benzene ring substituents is 1. The lowest BCUT2D eigenvalue weighted by Gasteiger charge is -2.51. The van der Waals surface area contributed by atoms with Crippen LogP contribution in [-0.2, 0) is 25.6 Å². The van der Waals surface area contributed by atoms with Gasteiger partial charge >= 0.3 is 6.16 Å². The lowest BCUT2D eigenvalue weighted by molar-refractivity contribution is -0.384. The number of fused-ring (bicyclic) bond motifs is 1. The average molecular weight is 396 g/mol. The maximum atomic E-state index is 12.4. The van der Waals surface area contributed by atoms with Gasteiger partial charge in [-0.15, -0.1) is 11.8 Å². The van der Waals surface area contributed by atoms with Gasteiger partial charge in [-0.3, -0.25) is 14.9 Å². The van der Waals surface area contributed by atoms with E-state index in [4.69, 9.17) is 14.2 Å². The molecule has 2 fully saturated rings. The zero-order valence-corrected chi connectivity index (χ0v) is 15.8. The Labute approximate surface area is 160 Å². The highest BCUT2D eigenvalue weighted by molar-refractivity contribution is 8.00. The Morgan fingerprint density at radius 1 is 1.37 bits per heavy atom. The zero-order valence-electron chi connectivity index (χ0n) is 15.0. The van der Waals surface area contributed by atoms with Crippen LogP contribution < -0.4 is 0 Å². The molecule has 146 valence electrons. The minimum Gasteiger partial charge on any atom is -0.433 e. The van der Waals surface area contributed by atoms with Crippen LogP contribution in [0, 0.1) is 16.0 Å². The fourth-order valence-corrected chi connectivity index (χ4v) is 4.38. The topological polar surface area (TPSA) is 108 Å². The van der Waals surface area contributed by atoms with Crippen molar-refractivity contribution < 1.29 is 28.7 Å². The van der Waals surface area contributed by atoms with E-state index in [1.165, 1.54) is 24.3 Å². The van der Waals surface area contributed by atoms with Gasteiger partial charge < -0.3 is 19.1 Å². The summed E-state index contributed by atoms with van der Waals surface area (Å²) >= 11 is 1.61. The Balaban J connectivity index is 1.47. The molecule has 2 heterocycles. The number of carbonyl (C=O) groups is 2. The molecule has 27 heavy (non-hydrogen) atoms. The molecule has 0 N–H and O–H groups in total. The van der Waals surface area contributed by atoms with Gasteiger partial charge in [0, 0.05) is 17.9 Å². The van der Waals surface area contributed by atoms with E-state index in [2.05, 4.69) is 0 Å². The number of amides is 1. The SMILES string of the molecule is CC1(C)OCCS[C@H]2[C@@H](COC(=O)OCc3ccc([N+](=O)[O-])cc3)C(=O)N21. The number of rotatable bonds is 5. The summed E-state index contributed by atoms with van der Waals surface area (Å²) in [7, 11) is 0. The molecule has 0 aliphatic carbocycles. The summed E-state index contributed by atoms with van der Waals surface area (Å²) in [5.74, 6) is 0.240. The molecule has 2 atom stereocenters. The van der Waals surface area contributed by atoms with Gasteiger partial charge in [-0.1, -0.05) is 0 Å². The third-order valence-corrected chi connectivity index (χ3v) is 5.73. The molecule has 2 aliphatic heterocycles. The lowest BCUT2D eigenvalue weighted by atomic mass is 9.96. The second-order valence-electron chi connectivity index (χ2n) is 6.64. The maximum Gasteiger partial charge on any atom is 0.508 e. The molecule has 2 aliphatic rings. The first-order chi connectivity index (χ1) is 12.8. The van der Waals surface area contributed by atoms with E-state index in [0.717, 1.165) is 5.75 Å². The van der Waals surface area contributed by atoms with Crippen molar-refractivity contribution in [2.45, 2.75) is 31.6 Å². The Hall–Kier alpha value is -2.33. The van der Waals surface area contributed by atoms with Crippen LogP contribution in [0.3, 0.4) is 0 Å². The highest BCUT2D eigenvalue weighted by atomic mass is 32.2. The summed E-state index contributed by atoms with van der Waals surface area (Å²) in [6.45, 7) is 4.13. The van der Waals surface area contributed by atoms with Gasteiger partial charge in [0.2, 0.25) is 5.91 Å². The van der Waals surface area contributed by atoms with E-state index in [9.17, 15) is 19.7 Å². The van der Waals surface area contributed by atoms with Crippen LogP contribution in [0.4, 0.5) is 10.5 Å². The number of ether oxygens (including phenoxy) is 3. The molecule has 0 radical (unpaired) electrons. The van der Waals surface area contributed by atoms with Crippen LogP contribution in [0.2, 0.25) is 0 Å². The smallest absolute Gasteiger partial charge is 0.433 e. The molecule has 1 aromatic rings. The van der Waals surface area contributed by atoms with E-state index >= 15 is 0 Å². The number of carbonyl (C=O) groups excluding carboxylic acids is 2. The summed E-state index contributed by atoms with van der Waals surface area (Å²) < 4.78 is 15.8. The van der Waals surface area contributed by atoms with E-state index < -0.39 is 22.7 Å². The molecule has 9 nitrogen and oxygen atoms in total. The van der Waals surface area contributed by atoms with Gasteiger partial charge in [0.05, 0.1) is 16.9 Å². The van der Waals surface area contributed by atoms with E-state index in [1.54, 1.807) is 16.7 Å². The molecule has 1 aromatic carbocycles. The number of β-lactam (4-membered cyclic amide) rings is 1. The molecule has 10 heteroatoms. The third-order valence-electron chi connectivity index (χ3n) is 4.45. The van der Waals surface area contributed by atoms with Crippen molar-refractivity contribution in [2.24, 2.45) is 5.92 Å². The van der Waals surface area contributed by atoms with Gasteiger partial charge in [-0.25, -0.2) is 4.79 Å². The van der Waals surface area contributed by atoms with Crippen LogP contribution in [-0.4, -0.2) is 52.0 Å². The van der Waals surface area contributed by atoms with Crippen LogP contribution in [0.25, 0.3) is 0 Å². The summed E-state index contributed by atoms with van der Waals surface area (Å²) in [6.07, 6.45) is -0.881. The predicted molar refractivity (Wildman–Crippen MR) is 95.8 cm³/mol. The van der Waals surface area contributed by atoms with Gasteiger partial charge in [-0.2, -0.15) is 0 Å². The van der Waals surface area contributed by atoms with Crippen molar-refractivity contribution in [1.82, 2.24) is 4.90 Å². The van der Waals surface area contributed by atoms with E-state index in [0.29, 0.717) is 12.2 Å². The van der Waals surface area contributed by atoms with Crippen LogP contribution in [0.5, 0.6) is 0 Å². The molecular weight excluding hydrogens is 376 g/mol. The summed E-state index contributed by atoms with van der Waals surface area (Å²) in [4.78, 5) is 36.0. The highest BCUT2D eigenvalue weighted by Crippen LogP contribution is 2.43. The molecule has 0 aromatic heterocycles. The summed E-state index contributed by atoms with van der Waals surface area (Å²) in [6, 6.07) is 5.67. The number of nitrogens with zero attached hydrogens (tertiary/aromatic N) is 2. The monoisotopic (exact) mass is 396 g/mol. The minimum absolute atomic E-state index is 0.0396. The number of benzene rings is 1. The maximum absolute atomic E-state index is 12.4. The standard InChI is InChI=1S/C17H20N2O7S/c1-17(2)18-14(20)13(15(18)27-8-7-26-17)10-25-16(21)24-9-11-3-5-12(6-4-11)19(22)23/h3-6,13,15H,7-10H2,1-2H3/t13-,15-/m0/s1. The molecular formula is C17H20N2O7S. The fourth-order valence-electron chi connectivity index (χ4n) is 3.03. The molecule has 1 amide bonds. The molecule has 2 saturated heterocycles. The van der Waals surface area contributed by atoms with Crippen molar-refractivity contribution in [3.05, 3.63) is 39.9 Å². The first-order valence-corrected chi connectivity index (χ1v) is 9.46. The fraction of sp³-hybridized carbons (Fsp3) is 0.529. The van der Waals surface area contributed by atoms with Crippen molar-refractivity contribution in [3.8, 4) is 0 Å². The van der Waals surface area contributed by atoms with Gasteiger partial charge in [0.25, 0.3) is 5.69 Å². The van der Waals surface area contributed by atoms with Crippen LogP contribution in [0.15, 0.2) is 24.3 Å². The van der Waals surface area contributed by atoms with Gasteiger partial charge in [0.15, 0.2) is 0 Å². The van der Waals surface area contributed by atoms with E-state index in [1.807, 2.05) is 13.8 Å². The van der Waals surface area contributed by atoms with Gasteiger partial charge in [0.1, 0.15) is 24.9 Å². The molecule has 0 saturated carbocycles. The van der Waals surface area contributed by atoms with Crippen molar-refractivity contribution >= 4 is 29.5 Å². The number of nitro groups is 1. The summed E-state index contributed by atoms with van der Waals surface area (Å²) in [5, 5.41) is 10.5. The first kappa shape index (κ1) is 19.4. The van der Waals surface area contributed by atoms with Crippen LogP contribution >= 0.6 is 11.8 Å². The minimum atomic E-state index is -0.881.